The number of rotatable bonds is 7. The smallest absolute Gasteiger partial charge is 0.211 e. The lowest BCUT2D eigenvalue weighted by atomic mass is 10.0. The molecular formula is C16H28N4O2S. The van der Waals surface area contributed by atoms with Gasteiger partial charge in [0.25, 0.3) is 0 Å². The number of aromatic nitrogens is 2. The van der Waals surface area contributed by atoms with E-state index in [0.29, 0.717) is 12.6 Å². The molecule has 1 aliphatic heterocycles. The molecule has 0 unspecified atom stereocenters. The van der Waals surface area contributed by atoms with E-state index in [9.17, 15) is 8.42 Å². The molecule has 7 heteroatoms. The van der Waals surface area contributed by atoms with E-state index < -0.39 is 10.0 Å². The Hall–Kier alpha value is -0.920. The highest BCUT2D eigenvalue weighted by Gasteiger charge is 2.29. The highest BCUT2D eigenvalue weighted by atomic mass is 32.2. The van der Waals surface area contributed by atoms with Gasteiger partial charge in [-0.05, 0) is 58.4 Å². The molecule has 2 N–H and O–H groups in total. The maximum Gasteiger partial charge on any atom is 0.211 e. The molecule has 1 saturated heterocycles. The van der Waals surface area contributed by atoms with Gasteiger partial charge in [0.2, 0.25) is 10.0 Å². The Labute approximate surface area is 139 Å². The highest BCUT2D eigenvalue weighted by molar-refractivity contribution is 7.89. The Morgan fingerprint density at radius 3 is 2.91 bits per heavy atom. The summed E-state index contributed by atoms with van der Waals surface area (Å²) in [6, 6.07) is 0.378. The van der Waals surface area contributed by atoms with Gasteiger partial charge in [-0.3, -0.25) is 4.90 Å². The second-order valence-corrected chi connectivity index (χ2v) is 8.70. The third kappa shape index (κ3) is 4.14. The minimum atomic E-state index is -3.07. The summed E-state index contributed by atoms with van der Waals surface area (Å²) in [5, 5.41) is 0. The van der Waals surface area contributed by atoms with Crippen molar-refractivity contribution >= 4 is 10.0 Å². The minimum absolute atomic E-state index is 0.150. The van der Waals surface area contributed by atoms with Crippen LogP contribution in [-0.4, -0.2) is 48.7 Å². The number of likely N-dealkylation sites (tertiary alicyclic amines) is 1. The Bertz CT molecular complexity index is 603. The van der Waals surface area contributed by atoms with Crippen LogP contribution in [0.1, 0.15) is 62.3 Å². The molecular weight excluding hydrogens is 312 g/mol. The monoisotopic (exact) mass is 340 g/mol. The van der Waals surface area contributed by atoms with Crippen molar-refractivity contribution < 1.29 is 8.42 Å². The molecule has 0 radical (unpaired) electrons. The summed E-state index contributed by atoms with van der Waals surface area (Å²) >= 11 is 0. The number of nitrogens with one attached hydrogen (secondary N) is 2. The molecule has 3 rings (SSSR count). The molecule has 1 aliphatic carbocycles. The molecule has 0 spiro atoms. The van der Waals surface area contributed by atoms with Gasteiger partial charge >= 0.3 is 0 Å². The number of hydrogen-bond donors (Lipinski definition) is 2. The lowest BCUT2D eigenvalue weighted by molar-refractivity contribution is 0.247. The van der Waals surface area contributed by atoms with Crippen molar-refractivity contribution in [3.63, 3.8) is 0 Å². The summed E-state index contributed by atoms with van der Waals surface area (Å²) in [4.78, 5) is 10.9. The second-order valence-electron chi connectivity index (χ2n) is 6.60. The van der Waals surface area contributed by atoms with Crippen LogP contribution in [0.5, 0.6) is 0 Å². The lowest BCUT2D eigenvalue weighted by Gasteiger charge is -2.22. The molecule has 1 aromatic rings. The zero-order valence-corrected chi connectivity index (χ0v) is 14.8. The van der Waals surface area contributed by atoms with E-state index in [1.54, 1.807) is 6.92 Å². The van der Waals surface area contributed by atoms with Gasteiger partial charge in [0, 0.05) is 18.8 Å². The molecule has 0 amide bonds. The number of fused-ring (bicyclic) bond motifs is 1. The number of nitrogens with zero attached hydrogens (tertiary/aromatic N) is 2. The van der Waals surface area contributed by atoms with Crippen LogP contribution in [0, 0.1) is 0 Å². The number of imidazole rings is 1. The van der Waals surface area contributed by atoms with E-state index in [0.717, 1.165) is 44.6 Å². The van der Waals surface area contributed by atoms with Crippen LogP contribution < -0.4 is 4.72 Å². The number of H-pyrrole nitrogens is 1. The molecule has 0 saturated carbocycles. The first kappa shape index (κ1) is 16.9. The van der Waals surface area contributed by atoms with E-state index in [4.69, 9.17) is 4.98 Å². The molecule has 1 atom stereocenters. The van der Waals surface area contributed by atoms with Gasteiger partial charge in [0.1, 0.15) is 5.82 Å². The number of sulfonamides is 1. The van der Waals surface area contributed by atoms with Gasteiger partial charge in [-0.1, -0.05) is 0 Å². The standard InChI is InChI=1S/C16H28N4O2S/c1-2-23(21,22)17-10-6-12-20-11-5-9-15(20)16-18-13-7-3-4-8-14(13)19-16/h15,17H,2-12H2,1H3,(H,18,19)/t15-/m0/s1. The quantitative estimate of drug-likeness (QED) is 0.741. The van der Waals surface area contributed by atoms with Crippen molar-refractivity contribution in [1.29, 1.82) is 0 Å². The van der Waals surface area contributed by atoms with Crippen LogP contribution in [0.3, 0.4) is 0 Å². The van der Waals surface area contributed by atoms with Crippen molar-refractivity contribution in [1.82, 2.24) is 19.6 Å². The summed E-state index contributed by atoms with van der Waals surface area (Å²) in [7, 11) is -3.07. The Morgan fingerprint density at radius 1 is 1.30 bits per heavy atom. The summed E-state index contributed by atoms with van der Waals surface area (Å²) in [5.74, 6) is 1.28. The van der Waals surface area contributed by atoms with E-state index in [1.165, 1.54) is 30.7 Å². The third-order valence-corrected chi connectivity index (χ3v) is 6.38. The fourth-order valence-corrected chi connectivity index (χ4v) is 4.31. The van der Waals surface area contributed by atoms with E-state index in [-0.39, 0.29) is 5.75 Å². The van der Waals surface area contributed by atoms with Crippen LogP contribution in [-0.2, 0) is 22.9 Å². The number of aryl methyl sites for hydroxylation is 2. The summed E-state index contributed by atoms with van der Waals surface area (Å²) in [6.45, 7) is 4.18. The normalized spacial score (nSPS) is 22.4. The molecule has 2 heterocycles. The highest BCUT2D eigenvalue weighted by Crippen LogP contribution is 2.32. The van der Waals surface area contributed by atoms with E-state index in [1.807, 2.05) is 0 Å². The maximum atomic E-state index is 11.5. The van der Waals surface area contributed by atoms with Crippen LogP contribution >= 0.6 is 0 Å². The van der Waals surface area contributed by atoms with Crippen molar-refractivity contribution in [3.05, 3.63) is 17.2 Å². The first-order valence-corrected chi connectivity index (χ1v) is 10.5. The summed E-state index contributed by atoms with van der Waals surface area (Å²) in [5.41, 5.74) is 2.61. The lowest BCUT2D eigenvalue weighted by Crippen LogP contribution is -2.31. The van der Waals surface area contributed by atoms with Crippen LogP contribution in [0.25, 0.3) is 0 Å². The molecule has 23 heavy (non-hydrogen) atoms. The Kier molecular flexibility index (Phi) is 5.38. The van der Waals surface area contributed by atoms with E-state index in [2.05, 4.69) is 14.6 Å². The van der Waals surface area contributed by atoms with Crippen molar-refractivity contribution in [2.75, 3.05) is 25.4 Å². The number of hydrogen-bond acceptors (Lipinski definition) is 4. The zero-order valence-electron chi connectivity index (χ0n) is 14.0. The predicted octanol–water partition coefficient (Wildman–Crippen LogP) is 1.75. The molecule has 0 aromatic carbocycles. The van der Waals surface area contributed by atoms with E-state index >= 15 is 0 Å². The molecule has 6 nitrogen and oxygen atoms in total. The van der Waals surface area contributed by atoms with Gasteiger partial charge in [-0.25, -0.2) is 18.1 Å². The Balaban J connectivity index is 1.54. The first-order chi connectivity index (χ1) is 11.1. The van der Waals surface area contributed by atoms with Crippen molar-refractivity contribution in [3.8, 4) is 0 Å². The summed E-state index contributed by atoms with van der Waals surface area (Å²) in [6.07, 6.45) is 7.94. The fourth-order valence-electron chi connectivity index (χ4n) is 3.65. The second kappa shape index (κ2) is 7.32. The van der Waals surface area contributed by atoms with Gasteiger partial charge < -0.3 is 4.98 Å². The SMILES string of the molecule is CCS(=O)(=O)NCCCN1CCC[C@H]1c1nc2c([nH]1)CCCC2. The third-order valence-electron chi connectivity index (χ3n) is 4.98. The van der Waals surface area contributed by atoms with Crippen molar-refractivity contribution in [2.45, 2.75) is 57.9 Å². The number of aromatic amines is 1. The van der Waals surface area contributed by atoms with Gasteiger partial charge in [0.05, 0.1) is 17.5 Å². The zero-order chi connectivity index (χ0) is 16.3. The average molecular weight is 340 g/mol. The van der Waals surface area contributed by atoms with Gasteiger partial charge in [-0.2, -0.15) is 0 Å². The largest absolute Gasteiger partial charge is 0.344 e. The molecule has 2 aliphatic rings. The average Bonchev–Trinajstić information content (AvgIpc) is 3.17. The van der Waals surface area contributed by atoms with Crippen molar-refractivity contribution in [2.24, 2.45) is 0 Å². The topological polar surface area (TPSA) is 78.1 Å². The first-order valence-electron chi connectivity index (χ1n) is 8.88. The van der Waals surface area contributed by atoms with Crippen LogP contribution in [0.4, 0.5) is 0 Å². The fraction of sp³-hybridized carbons (Fsp3) is 0.812. The minimum Gasteiger partial charge on any atom is -0.344 e. The molecule has 1 fully saturated rings. The van der Waals surface area contributed by atoms with Gasteiger partial charge in [-0.15, -0.1) is 0 Å². The van der Waals surface area contributed by atoms with Crippen LogP contribution in [0.15, 0.2) is 0 Å². The predicted molar refractivity (Wildman–Crippen MR) is 90.9 cm³/mol. The molecule has 130 valence electrons. The maximum absolute atomic E-state index is 11.5. The molecule has 0 bridgehead atoms. The van der Waals surface area contributed by atoms with Crippen LogP contribution in [0.2, 0.25) is 0 Å². The summed E-state index contributed by atoms with van der Waals surface area (Å²) < 4.78 is 25.6. The van der Waals surface area contributed by atoms with Gasteiger partial charge in [0.15, 0.2) is 0 Å². The molecule has 1 aromatic heterocycles. The Morgan fingerprint density at radius 2 is 2.13 bits per heavy atom.